The summed E-state index contributed by atoms with van der Waals surface area (Å²) in [5, 5.41) is 3.74. The van der Waals surface area contributed by atoms with E-state index in [1.165, 1.54) is 11.1 Å². The van der Waals surface area contributed by atoms with Crippen molar-refractivity contribution < 1.29 is 4.74 Å². The monoisotopic (exact) mass is 291 g/mol. The van der Waals surface area contributed by atoms with Crippen molar-refractivity contribution >= 4 is 0 Å². The van der Waals surface area contributed by atoms with E-state index in [-0.39, 0.29) is 11.6 Å². The summed E-state index contributed by atoms with van der Waals surface area (Å²) in [5.74, 6) is 0. The molecule has 1 N–H and O–H groups in total. The predicted octanol–water partition coefficient (Wildman–Crippen LogP) is 4.89. The van der Waals surface area contributed by atoms with Gasteiger partial charge in [-0.05, 0) is 50.3 Å². The first kappa shape index (κ1) is 18.2. The van der Waals surface area contributed by atoms with Crippen molar-refractivity contribution in [3.8, 4) is 0 Å². The topological polar surface area (TPSA) is 21.3 Å². The average molecular weight is 291 g/mol. The highest BCUT2D eigenvalue weighted by molar-refractivity contribution is 5.28. The first-order valence-corrected chi connectivity index (χ1v) is 8.63. The molecular formula is C19H33NO. The van der Waals surface area contributed by atoms with Crippen LogP contribution in [0.25, 0.3) is 0 Å². The molecule has 0 aliphatic carbocycles. The summed E-state index contributed by atoms with van der Waals surface area (Å²) in [6.07, 6.45) is 4.26. The van der Waals surface area contributed by atoms with E-state index in [4.69, 9.17) is 4.74 Å². The third-order valence-electron chi connectivity index (χ3n) is 4.45. The van der Waals surface area contributed by atoms with Crippen LogP contribution in [0.5, 0.6) is 0 Å². The van der Waals surface area contributed by atoms with Gasteiger partial charge in [-0.1, -0.05) is 52.0 Å². The quantitative estimate of drug-likeness (QED) is 0.663. The molecule has 0 spiro atoms. The smallest absolute Gasteiger partial charge is 0.0870 e. The highest BCUT2D eigenvalue weighted by Gasteiger charge is 2.37. The molecule has 0 aromatic heterocycles. The SMILES string of the molecule is CCCNC(c1cccc(CC)c1)C(CC)(CC)OCC. The van der Waals surface area contributed by atoms with E-state index in [1.54, 1.807) is 0 Å². The van der Waals surface area contributed by atoms with Gasteiger partial charge in [0.1, 0.15) is 0 Å². The highest BCUT2D eigenvalue weighted by atomic mass is 16.5. The van der Waals surface area contributed by atoms with Crippen LogP contribution >= 0.6 is 0 Å². The molecule has 1 atom stereocenters. The molecule has 1 aromatic carbocycles. The van der Waals surface area contributed by atoms with Crippen LogP contribution in [-0.2, 0) is 11.2 Å². The predicted molar refractivity (Wildman–Crippen MR) is 91.8 cm³/mol. The van der Waals surface area contributed by atoms with Crippen molar-refractivity contribution in [2.45, 2.75) is 71.9 Å². The van der Waals surface area contributed by atoms with Gasteiger partial charge in [0.2, 0.25) is 0 Å². The molecule has 1 rings (SSSR count). The van der Waals surface area contributed by atoms with Gasteiger partial charge in [-0.25, -0.2) is 0 Å². The second-order valence-electron chi connectivity index (χ2n) is 5.69. The van der Waals surface area contributed by atoms with Crippen LogP contribution in [0.4, 0.5) is 0 Å². The van der Waals surface area contributed by atoms with E-state index in [9.17, 15) is 0 Å². The maximum absolute atomic E-state index is 6.25. The summed E-state index contributed by atoms with van der Waals surface area (Å²) in [7, 11) is 0. The fourth-order valence-corrected chi connectivity index (χ4v) is 3.12. The molecule has 21 heavy (non-hydrogen) atoms. The third kappa shape index (κ3) is 4.55. The lowest BCUT2D eigenvalue weighted by Gasteiger charge is -2.40. The van der Waals surface area contributed by atoms with E-state index in [2.05, 4.69) is 64.2 Å². The number of nitrogens with one attached hydrogen (secondary N) is 1. The maximum Gasteiger partial charge on any atom is 0.0870 e. The van der Waals surface area contributed by atoms with Crippen LogP contribution in [0.1, 0.15) is 71.0 Å². The van der Waals surface area contributed by atoms with E-state index in [1.807, 2.05) is 0 Å². The average Bonchev–Trinajstić information content (AvgIpc) is 2.54. The van der Waals surface area contributed by atoms with Crippen LogP contribution in [0.15, 0.2) is 24.3 Å². The summed E-state index contributed by atoms with van der Waals surface area (Å²) in [6, 6.07) is 9.23. The molecule has 0 saturated heterocycles. The molecule has 0 heterocycles. The fraction of sp³-hybridized carbons (Fsp3) is 0.684. The molecule has 120 valence electrons. The summed E-state index contributed by atoms with van der Waals surface area (Å²) in [5.41, 5.74) is 2.64. The third-order valence-corrected chi connectivity index (χ3v) is 4.45. The van der Waals surface area contributed by atoms with Gasteiger partial charge in [0.15, 0.2) is 0 Å². The standard InChI is InChI=1S/C19H33NO/c1-6-14-20-18(19(8-3,9-4)21-10-5)17-13-11-12-16(7-2)15-17/h11-13,15,18,20H,6-10,14H2,1-5H3. The van der Waals surface area contributed by atoms with Crippen molar-refractivity contribution in [1.82, 2.24) is 5.32 Å². The molecule has 0 amide bonds. The molecule has 0 aliphatic rings. The minimum absolute atomic E-state index is 0.115. The Morgan fingerprint density at radius 3 is 2.33 bits per heavy atom. The Balaban J connectivity index is 3.17. The molecule has 0 aliphatic heterocycles. The largest absolute Gasteiger partial charge is 0.373 e. The van der Waals surface area contributed by atoms with Crippen LogP contribution < -0.4 is 5.32 Å². The van der Waals surface area contributed by atoms with Crippen molar-refractivity contribution in [3.63, 3.8) is 0 Å². The van der Waals surface area contributed by atoms with Crippen LogP contribution in [-0.4, -0.2) is 18.8 Å². The first-order chi connectivity index (χ1) is 10.2. The van der Waals surface area contributed by atoms with Gasteiger partial charge in [-0.2, -0.15) is 0 Å². The Morgan fingerprint density at radius 1 is 1.10 bits per heavy atom. The Kier molecular flexibility index (Phi) is 7.98. The summed E-state index contributed by atoms with van der Waals surface area (Å²) >= 11 is 0. The normalized spacial score (nSPS) is 13.4. The van der Waals surface area contributed by atoms with Crippen LogP contribution in [0.2, 0.25) is 0 Å². The Labute approximate surface area is 131 Å². The van der Waals surface area contributed by atoms with E-state index in [0.717, 1.165) is 38.8 Å². The van der Waals surface area contributed by atoms with Crippen LogP contribution in [0, 0.1) is 0 Å². The van der Waals surface area contributed by atoms with E-state index >= 15 is 0 Å². The summed E-state index contributed by atoms with van der Waals surface area (Å²) in [6.45, 7) is 12.8. The number of benzene rings is 1. The Morgan fingerprint density at radius 2 is 1.81 bits per heavy atom. The van der Waals surface area contributed by atoms with Gasteiger partial charge >= 0.3 is 0 Å². The molecular weight excluding hydrogens is 258 g/mol. The Hall–Kier alpha value is -0.860. The van der Waals surface area contributed by atoms with Gasteiger partial charge in [0.25, 0.3) is 0 Å². The van der Waals surface area contributed by atoms with Crippen molar-refractivity contribution in [2.75, 3.05) is 13.2 Å². The molecule has 0 radical (unpaired) electrons. The van der Waals surface area contributed by atoms with Crippen molar-refractivity contribution in [2.24, 2.45) is 0 Å². The minimum atomic E-state index is -0.115. The van der Waals surface area contributed by atoms with Crippen molar-refractivity contribution in [3.05, 3.63) is 35.4 Å². The first-order valence-electron chi connectivity index (χ1n) is 8.63. The number of aryl methyl sites for hydroxylation is 1. The van der Waals surface area contributed by atoms with Gasteiger partial charge in [0, 0.05) is 6.61 Å². The molecule has 0 bridgehead atoms. The molecule has 0 saturated carbocycles. The van der Waals surface area contributed by atoms with E-state index in [0.29, 0.717) is 0 Å². The number of ether oxygens (including phenoxy) is 1. The zero-order valence-electron chi connectivity index (χ0n) is 14.5. The van der Waals surface area contributed by atoms with Crippen molar-refractivity contribution in [1.29, 1.82) is 0 Å². The number of hydrogen-bond donors (Lipinski definition) is 1. The zero-order chi connectivity index (χ0) is 15.7. The lowest BCUT2D eigenvalue weighted by molar-refractivity contribution is -0.0732. The second-order valence-corrected chi connectivity index (χ2v) is 5.69. The molecule has 1 aromatic rings. The highest BCUT2D eigenvalue weighted by Crippen LogP contribution is 2.36. The molecule has 2 nitrogen and oxygen atoms in total. The lowest BCUT2D eigenvalue weighted by Crippen LogP contribution is -2.45. The summed E-state index contributed by atoms with van der Waals surface area (Å²) in [4.78, 5) is 0. The lowest BCUT2D eigenvalue weighted by atomic mass is 9.83. The van der Waals surface area contributed by atoms with Gasteiger partial charge in [-0.15, -0.1) is 0 Å². The zero-order valence-corrected chi connectivity index (χ0v) is 14.5. The Bertz CT molecular complexity index is 398. The maximum atomic E-state index is 6.25. The van der Waals surface area contributed by atoms with Gasteiger partial charge in [0.05, 0.1) is 11.6 Å². The fourth-order valence-electron chi connectivity index (χ4n) is 3.12. The van der Waals surface area contributed by atoms with Gasteiger partial charge in [-0.3, -0.25) is 0 Å². The molecule has 0 fully saturated rings. The number of rotatable bonds is 10. The minimum Gasteiger partial charge on any atom is -0.373 e. The molecule has 1 unspecified atom stereocenters. The van der Waals surface area contributed by atoms with Crippen LogP contribution in [0.3, 0.4) is 0 Å². The molecule has 2 heteroatoms. The second kappa shape index (κ2) is 9.22. The summed E-state index contributed by atoms with van der Waals surface area (Å²) < 4.78 is 6.25. The van der Waals surface area contributed by atoms with E-state index < -0.39 is 0 Å². The van der Waals surface area contributed by atoms with Gasteiger partial charge < -0.3 is 10.1 Å². The number of hydrogen-bond acceptors (Lipinski definition) is 2.